The molecule has 0 aromatic rings. The fourth-order valence-corrected chi connectivity index (χ4v) is 0. The molecule has 0 fully saturated rings. The summed E-state index contributed by atoms with van der Waals surface area (Å²) in [5.41, 5.74) is 0. The van der Waals surface area contributed by atoms with Gasteiger partial charge < -0.3 is 12.0 Å². The zero-order valence-corrected chi connectivity index (χ0v) is 3.77. The standard InChI is InChI=1S/C3H5O2.Li/c1-2-3(4)5;/h1-2H2,(H,4,5);/q-1;+1. The fourth-order valence-electron chi connectivity index (χ4n) is 0. The second kappa shape index (κ2) is 5.07. The second-order valence-corrected chi connectivity index (χ2v) is 0.644. The quantitative estimate of drug-likeness (QED) is 0.275. The molecule has 0 atom stereocenters. The molecule has 30 valence electrons. The molecule has 0 amide bonds. The Labute approximate surface area is 48.7 Å². The van der Waals surface area contributed by atoms with E-state index in [9.17, 15) is 4.79 Å². The van der Waals surface area contributed by atoms with Crippen LogP contribution in [-0.2, 0) is 4.79 Å². The summed E-state index contributed by atoms with van der Waals surface area (Å²) >= 11 is 0. The Morgan fingerprint density at radius 2 is 2.00 bits per heavy atom. The molecule has 0 rings (SSSR count). The van der Waals surface area contributed by atoms with E-state index >= 15 is 0 Å². The molecule has 0 unspecified atom stereocenters. The van der Waals surface area contributed by atoms with Gasteiger partial charge in [0.25, 0.3) is 5.97 Å². The summed E-state index contributed by atoms with van der Waals surface area (Å²) in [6.45, 7) is 3.09. The van der Waals surface area contributed by atoms with Crippen LogP contribution in [0.5, 0.6) is 0 Å². The SMILES string of the molecule is [CH2-]CC(=O)O.[Li+]. The molecule has 6 heavy (non-hydrogen) atoms. The van der Waals surface area contributed by atoms with Crippen molar-refractivity contribution >= 4 is 5.97 Å². The molecule has 3 heteroatoms. The van der Waals surface area contributed by atoms with Crippen LogP contribution in [0, 0.1) is 6.92 Å². The van der Waals surface area contributed by atoms with Gasteiger partial charge in [0, 0.05) is 0 Å². The van der Waals surface area contributed by atoms with E-state index in [2.05, 4.69) is 6.92 Å². The van der Waals surface area contributed by atoms with Crippen LogP contribution in [-0.4, -0.2) is 11.1 Å². The van der Waals surface area contributed by atoms with Gasteiger partial charge in [0.15, 0.2) is 0 Å². The molecule has 0 radical (unpaired) electrons. The van der Waals surface area contributed by atoms with E-state index in [1.165, 1.54) is 0 Å². The maximum atomic E-state index is 9.31. The van der Waals surface area contributed by atoms with E-state index in [1.54, 1.807) is 0 Å². The van der Waals surface area contributed by atoms with E-state index in [1.807, 2.05) is 0 Å². The summed E-state index contributed by atoms with van der Waals surface area (Å²) in [5, 5.41) is 7.66. The van der Waals surface area contributed by atoms with Gasteiger partial charge in [-0.3, -0.25) is 4.79 Å². The first kappa shape index (κ1) is 9.42. The minimum Gasteiger partial charge on any atom is -0.483 e. The van der Waals surface area contributed by atoms with Gasteiger partial charge in [-0.15, -0.1) is 0 Å². The minimum atomic E-state index is -0.856. The summed E-state index contributed by atoms with van der Waals surface area (Å²) in [4.78, 5) is 9.31. The van der Waals surface area contributed by atoms with Crippen LogP contribution in [0.3, 0.4) is 0 Å². The number of carboxylic acid groups (broad SMARTS) is 1. The van der Waals surface area contributed by atoms with Gasteiger partial charge in [0.05, 0.1) is 0 Å². The Kier molecular flexibility index (Phi) is 7.95. The van der Waals surface area contributed by atoms with Crippen molar-refractivity contribution in [1.82, 2.24) is 0 Å². The number of carbonyl (C=O) groups is 1. The molecule has 0 aliphatic carbocycles. The molecule has 0 aromatic carbocycles. The number of carboxylic acids is 1. The molecule has 0 aliphatic heterocycles. The van der Waals surface area contributed by atoms with Crippen LogP contribution in [0.1, 0.15) is 6.42 Å². The van der Waals surface area contributed by atoms with Crippen LogP contribution in [0.15, 0.2) is 0 Å². The van der Waals surface area contributed by atoms with Gasteiger partial charge >= 0.3 is 18.9 Å². The predicted molar refractivity (Wildman–Crippen MR) is 17.6 cm³/mol. The van der Waals surface area contributed by atoms with Crippen molar-refractivity contribution < 1.29 is 28.8 Å². The largest absolute Gasteiger partial charge is 1.00 e. The van der Waals surface area contributed by atoms with E-state index in [-0.39, 0.29) is 25.3 Å². The molecule has 1 N–H and O–H groups in total. The number of rotatable bonds is 1. The van der Waals surface area contributed by atoms with Crippen molar-refractivity contribution in [2.45, 2.75) is 6.42 Å². The van der Waals surface area contributed by atoms with Gasteiger partial charge in [-0.05, 0) is 0 Å². The Hall–Kier alpha value is 0.0674. The van der Waals surface area contributed by atoms with Crippen LogP contribution >= 0.6 is 0 Å². The third kappa shape index (κ3) is 8.95. The number of aliphatic carboxylic acids is 1. The Morgan fingerprint density at radius 3 is 2.00 bits per heavy atom. The van der Waals surface area contributed by atoms with Gasteiger partial charge in [-0.2, -0.15) is 0 Å². The molecule has 0 saturated carbocycles. The van der Waals surface area contributed by atoms with Gasteiger partial charge in [0.1, 0.15) is 0 Å². The smallest absolute Gasteiger partial charge is 0.483 e. The summed E-state index contributed by atoms with van der Waals surface area (Å²) in [5.74, 6) is -0.856. The van der Waals surface area contributed by atoms with E-state index in [0.29, 0.717) is 0 Å². The van der Waals surface area contributed by atoms with Gasteiger partial charge in [0.2, 0.25) is 0 Å². The van der Waals surface area contributed by atoms with Crippen molar-refractivity contribution in [1.29, 1.82) is 0 Å². The summed E-state index contributed by atoms with van der Waals surface area (Å²) in [6, 6.07) is 0. The number of hydrogen-bond donors (Lipinski definition) is 1. The first-order chi connectivity index (χ1) is 2.27. The average molecular weight is 80.0 g/mol. The maximum Gasteiger partial charge on any atom is 1.00 e. The normalized spacial score (nSPS) is 6.17. The molecule has 0 saturated heterocycles. The molecule has 0 heterocycles. The van der Waals surface area contributed by atoms with Crippen molar-refractivity contribution in [2.24, 2.45) is 0 Å². The molecule has 0 spiro atoms. The third-order valence-corrected chi connectivity index (χ3v) is 0.214. The van der Waals surface area contributed by atoms with E-state index < -0.39 is 5.97 Å². The van der Waals surface area contributed by atoms with Crippen molar-refractivity contribution in [3.8, 4) is 0 Å². The maximum absolute atomic E-state index is 9.31. The third-order valence-electron chi connectivity index (χ3n) is 0.214. The fraction of sp³-hybridized carbons (Fsp3) is 0.333. The first-order valence-corrected chi connectivity index (χ1v) is 1.28. The summed E-state index contributed by atoms with van der Waals surface area (Å²) in [6.07, 6.45) is -0.0278. The van der Waals surface area contributed by atoms with Crippen molar-refractivity contribution in [3.05, 3.63) is 6.92 Å². The molecule has 0 aliphatic rings. The van der Waals surface area contributed by atoms with Crippen LogP contribution < -0.4 is 18.9 Å². The minimum absolute atomic E-state index is 0. The monoisotopic (exact) mass is 80.0 g/mol. The zero-order valence-electron chi connectivity index (χ0n) is 3.77. The molecule has 0 bridgehead atoms. The van der Waals surface area contributed by atoms with Crippen LogP contribution in [0.4, 0.5) is 0 Å². The number of hydrogen-bond acceptors (Lipinski definition) is 1. The first-order valence-electron chi connectivity index (χ1n) is 1.28. The molecular weight excluding hydrogens is 75.0 g/mol. The summed E-state index contributed by atoms with van der Waals surface area (Å²) < 4.78 is 0. The predicted octanol–water partition coefficient (Wildman–Crippen LogP) is -2.70. The van der Waals surface area contributed by atoms with E-state index in [0.717, 1.165) is 0 Å². The topological polar surface area (TPSA) is 37.3 Å². The summed E-state index contributed by atoms with van der Waals surface area (Å²) in [7, 11) is 0. The van der Waals surface area contributed by atoms with Crippen LogP contribution in [0.2, 0.25) is 0 Å². The van der Waals surface area contributed by atoms with Gasteiger partial charge in [-0.25, -0.2) is 0 Å². The van der Waals surface area contributed by atoms with Crippen molar-refractivity contribution in [2.75, 3.05) is 0 Å². The molecular formula is C3H5LiO2. The Morgan fingerprint density at radius 1 is 1.83 bits per heavy atom. The zero-order chi connectivity index (χ0) is 4.28. The second-order valence-electron chi connectivity index (χ2n) is 0.644. The molecule has 0 aromatic heterocycles. The Balaban J connectivity index is 0. The van der Waals surface area contributed by atoms with Crippen molar-refractivity contribution in [3.63, 3.8) is 0 Å². The van der Waals surface area contributed by atoms with Gasteiger partial charge in [-0.1, -0.05) is 6.42 Å². The molecule has 2 nitrogen and oxygen atoms in total. The van der Waals surface area contributed by atoms with E-state index in [4.69, 9.17) is 5.11 Å². The Bertz CT molecular complexity index is 44.1. The van der Waals surface area contributed by atoms with Crippen LogP contribution in [0.25, 0.3) is 0 Å². The average Bonchev–Trinajstić information content (AvgIpc) is 1.38.